The Balaban J connectivity index is 0.00000441. The molecule has 0 aromatic carbocycles. The van der Waals surface area contributed by atoms with Crippen LogP contribution in [0.4, 0.5) is 0 Å². The van der Waals surface area contributed by atoms with Crippen LogP contribution in [-0.2, 0) is 9.59 Å². The van der Waals surface area contributed by atoms with Crippen LogP contribution in [-0.4, -0.2) is 30.4 Å². The van der Waals surface area contributed by atoms with Gasteiger partial charge in [-0.1, -0.05) is 33.6 Å². The van der Waals surface area contributed by atoms with Gasteiger partial charge in [0.15, 0.2) is 0 Å². The fourth-order valence-corrected chi connectivity index (χ4v) is 2.87. The highest BCUT2D eigenvalue weighted by molar-refractivity contribution is 5.87. The van der Waals surface area contributed by atoms with Crippen LogP contribution in [0.1, 0.15) is 59.3 Å². The Kier molecular flexibility index (Phi) is 10.4. The van der Waals surface area contributed by atoms with Gasteiger partial charge in [-0.2, -0.15) is 0 Å². The van der Waals surface area contributed by atoms with E-state index < -0.39 is 6.04 Å². The molecule has 0 radical (unpaired) electrons. The zero-order valence-electron chi connectivity index (χ0n) is 14.1. The van der Waals surface area contributed by atoms with Gasteiger partial charge >= 0.3 is 0 Å². The number of carbonyl (C=O) groups is 2. The number of hydrogen-bond donors (Lipinski definition) is 3. The molecule has 0 bridgehead atoms. The van der Waals surface area contributed by atoms with E-state index in [2.05, 4.69) is 17.6 Å². The van der Waals surface area contributed by atoms with Crippen molar-refractivity contribution in [3.05, 3.63) is 0 Å². The van der Waals surface area contributed by atoms with Gasteiger partial charge in [-0.25, -0.2) is 0 Å². The summed E-state index contributed by atoms with van der Waals surface area (Å²) in [5.74, 6) is 0.527. The number of carbonyl (C=O) groups excluding carboxylic acids is 2. The maximum absolute atomic E-state index is 11.8. The monoisotopic (exact) mass is 333 g/mol. The third-order valence-electron chi connectivity index (χ3n) is 4.35. The van der Waals surface area contributed by atoms with Crippen LogP contribution in [0.2, 0.25) is 0 Å². The van der Waals surface area contributed by atoms with Gasteiger partial charge in [-0.3, -0.25) is 9.59 Å². The Labute approximate surface area is 140 Å². The van der Waals surface area contributed by atoms with Gasteiger partial charge in [0.2, 0.25) is 11.8 Å². The highest BCUT2D eigenvalue weighted by Crippen LogP contribution is 2.27. The summed E-state index contributed by atoms with van der Waals surface area (Å²) in [5, 5.41) is 5.62. The van der Waals surface area contributed by atoms with Crippen LogP contribution in [0.5, 0.6) is 0 Å². The smallest absolute Gasteiger partial charge is 0.239 e. The summed E-state index contributed by atoms with van der Waals surface area (Å²) in [6, 6.07) is -0.288. The number of halogens is 1. The van der Waals surface area contributed by atoms with Crippen LogP contribution in [0, 0.1) is 11.8 Å². The lowest BCUT2D eigenvalue weighted by atomic mass is 9.83. The van der Waals surface area contributed by atoms with Crippen LogP contribution in [0.25, 0.3) is 0 Å². The fraction of sp³-hybridized carbons (Fsp3) is 0.875. The van der Waals surface area contributed by atoms with E-state index in [9.17, 15) is 9.59 Å². The Morgan fingerprint density at radius 1 is 1.18 bits per heavy atom. The van der Waals surface area contributed by atoms with Crippen molar-refractivity contribution < 1.29 is 9.59 Å². The van der Waals surface area contributed by atoms with Crippen molar-refractivity contribution in [2.75, 3.05) is 6.54 Å². The molecule has 0 saturated heterocycles. The fourth-order valence-electron chi connectivity index (χ4n) is 2.87. The Bertz CT molecular complexity index is 342. The van der Waals surface area contributed by atoms with Crippen molar-refractivity contribution in [2.24, 2.45) is 17.6 Å². The first-order chi connectivity index (χ1) is 9.93. The van der Waals surface area contributed by atoms with Gasteiger partial charge in [-0.15, -0.1) is 12.4 Å². The second-order valence-corrected chi connectivity index (χ2v) is 6.56. The minimum Gasteiger partial charge on any atom is -0.352 e. The summed E-state index contributed by atoms with van der Waals surface area (Å²) in [6.07, 6.45) is 7.03. The topological polar surface area (TPSA) is 84.2 Å². The Morgan fingerprint density at radius 2 is 1.77 bits per heavy atom. The van der Waals surface area contributed by atoms with Gasteiger partial charge in [0.25, 0.3) is 0 Å². The maximum Gasteiger partial charge on any atom is 0.239 e. The van der Waals surface area contributed by atoms with E-state index in [1.54, 1.807) is 0 Å². The predicted molar refractivity (Wildman–Crippen MR) is 91.9 cm³/mol. The average Bonchev–Trinajstić information content (AvgIpc) is 2.46. The maximum atomic E-state index is 11.8. The first kappa shape index (κ1) is 21.2. The predicted octanol–water partition coefficient (Wildman–Crippen LogP) is 1.98. The van der Waals surface area contributed by atoms with Gasteiger partial charge in [-0.05, 0) is 37.5 Å². The van der Waals surface area contributed by atoms with Crippen molar-refractivity contribution in [1.29, 1.82) is 0 Å². The van der Waals surface area contributed by atoms with Crippen molar-refractivity contribution >= 4 is 24.2 Å². The van der Waals surface area contributed by atoms with Gasteiger partial charge in [0, 0.05) is 6.04 Å². The second-order valence-electron chi connectivity index (χ2n) is 6.56. The summed E-state index contributed by atoms with van der Waals surface area (Å²) in [7, 11) is 0. The van der Waals surface area contributed by atoms with Crippen molar-refractivity contribution in [1.82, 2.24) is 10.6 Å². The lowest BCUT2D eigenvalue weighted by molar-refractivity contribution is -0.127. The summed E-state index contributed by atoms with van der Waals surface area (Å²) >= 11 is 0. The quantitative estimate of drug-likeness (QED) is 0.666. The lowest BCUT2D eigenvalue weighted by Gasteiger charge is -2.29. The zero-order valence-corrected chi connectivity index (χ0v) is 14.9. The normalized spacial score (nSPS) is 22.6. The average molecular weight is 334 g/mol. The minimum absolute atomic E-state index is 0. The number of hydrogen-bond acceptors (Lipinski definition) is 3. The molecule has 1 atom stereocenters. The van der Waals surface area contributed by atoms with E-state index in [0.717, 1.165) is 18.8 Å². The highest BCUT2D eigenvalue weighted by atomic mass is 35.5. The van der Waals surface area contributed by atoms with Crippen molar-refractivity contribution in [3.8, 4) is 0 Å². The number of amides is 2. The molecule has 1 saturated carbocycles. The molecule has 130 valence electrons. The van der Waals surface area contributed by atoms with E-state index in [1.165, 1.54) is 25.7 Å². The number of rotatable bonds is 7. The SMILES string of the molecule is CCCC1CCC(NC(=O)CNC(=O)[C@@H](N)C(C)C)CC1.Cl. The summed E-state index contributed by atoms with van der Waals surface area (Å²) in [4.78, 5) is 23.5. The molecule has 2 amide bonds. The van der Waals surface area contributed by atoms with Gasteiger partial charge < -0.3 is 16.4 Å². The number of nitrogens with two attached hydrogens (primary N) is 1. The summed E-state index contributed by atoms with van der Waals surface area (Å²) in [6.45, 7) is 6.02. The highest BCUT2D eigenvalue weighted by Gasteiger charge is 2.22. The third-order valence-corrected chi connectivity index (χ3v) is 4.35. The van der Waals surface area contributed by atoms with E-state index in [0.29, 0.717) is 0 Å². The molecule has 0 heterocycles. The molecule has 6 heteroatoms. The van der Waals surface area contributed by atoms with Crippen LogP contribution < -0.4 is 16.4 Å². The Morgan fingerprint density at radius 3 is 2.27 bits per heavy atom. The molecule has 0 aromatic rings. The molecule has 1 aliphatic rings. The lowest BCUT2D eigenvalue weighted by Crippen LogP contribution is -2.48. The largest absolute Gasteiger partial charge is 0.352 e. The molecule has 1 aliphatic carbocycles. The number of nitrogens with one attached hydrogen (secondary N) is 2. The molecule has 0 spiro atoms. The van der Waals surface area contributed by atoms with E-state index in [4.69, 9.17) is 5.73 Å². The standard InChI is InChI=1S/C16H31N3O2.ClH/c1-4-5-12-6-8-13(9-7-12)19-14(20)10-18-16(21)15(17)11(2)3;/h11-13,15H,4-10,17H2,1-3H3,(H,18,21)(H,19,20);1H/t12?,13?,15-;/m0./s1. The second kappa shape index (κ2) is 10.8. The molecule has 0 unspecified atom stereocenters. The molecule has 0 aromatic heterocycles. The molecule has 22 heavy (non-hydrogen) atoms. The molecule has 0 aliphatic heterocycles. The molecule has 1 rings (SSSR count). The molecular weight excluding hydrogens is 302 g/mol. The van der Waals surface area contributed by atoms with E-state index >= 15 is 0 Å². The summed E-state index contributed by atoms with van der Waals surface area (Å²) in [5.41, 5.74) is 5.73. The van der Waals surface area contributed by atoms with E-state index in [1.807, 2.05) is 13.8 Å². The molecule has 4 N–H and O–H groups in total. The van der Waals surface area contributed by atoms with Crippen molar-refractivity contribution in [2.45, 2.75) is 71.4 Å². The molecule has 1 fully saturated rings. The minimum atomic E-state index is -0.553. The van der Waals surface area contributed by atoms with E-state index in [-0.39, 0.29) is 42.7 Å². The third kappa shape index (κ3) is 7.45. The molecular formula is C16H32ClN3O2. The first-order valence-corrected chi connectivity index (χ1v) is 8.26. The first-order valence-electron chi connectivity index (χ1n) is 8.26. The Hall–Kier alpha value is -0.810. The zero-order chi connectivity index (χ0) is 15.8. The molecule has 5 nitrogen and oxygen atoms in total. The van der Waals surface area contributed by atoms with Gasteiger partial charge in [0.05, 0.1) is 12.6 Å². The van der Waals surface area contributed by atoms with Crippen molar-refractivity contribution in [3.63, 3.8) is 0 Å². The van der Waals surface area contributed by atoms with Gasteiger partial charge in [0.1, 0.15) is 0 Å². The van der Waals surface area contributed by atoms with Crippen LogP contribution in [0.3, 0.4) is 0 Å². The van der Waals surface area contributed by atoms with Crippen LogP contribution in [0.15, 0.2) is 0 Å². The van der Waals surface area contributed by atoms with Crippen LogP contribution >= 0.6 is 12.4 Å². The summed E-state index contributed by atoms with van der Waals surface area (Å²) < 4.78 is 0.